The van der Waals surface area contributed by atoms with Gasteiger partial charge in [0.1, 0.15) is 11.8 Å². The van der Waals surface area contributed by atoms with E-state index in [0.717, 1.165) is 17.7 Å². The maximum atomic E-state index is 13.0. The Balaban J connectivity index is 1.52. The molecule has 0 N–H and O–H groups in total. The highest BCUT2D eigenvalue weighted by Crippen LogP contribution is 2.36. The van der Waals surface area contributed by atoms with Crippen LogP contribution in [0.25, 0.3) is 0 Å². The molecule has 2 aromatic rings. The first-order valence-electron chi connectivity index (χ1n) is 8.61. The minimum absolute atomic E-state index is 0.0888. The molecule has 1 aromatic heterocycles. The average Bonchev–Trinajstić information content (AvgIpc) is 3.08. The van der Waals surface area contributed by atoms with Crippen LogP contribution in [0.3, 0.4) is 0 Å². The Morgan fingerprint density at radius 1 is 1.28 bits per heavy atom. The van der Waals surface area contributed by atoms with E-state index in [0.29, 0.717) is 44.6 Å². The van der Waals surface area contributed by atoms with Gasteiger partial charge in [0.2, 0.25) is 17.7 Å². The average molecular weight is 343 g/mol. The van der Waals surface area contributed by atoms with Crippen LogP contribution >= 0.6 is 0 Å². The molecule has 0 saturated carbocycles. The molecule has 132 valence electrons. The van der Waals surface area contributed by atoms with Gasteiger partial charge in [0, 0.05) is 19.9 Å². The van der Waals surface area contributed by atoms with Crippen molar-refractivity contribution in [1.82, 2.24) is 15.1 Å². The predicted octanol–water partition coefficient (Wildman–Crippen LogP) is 2.23. The predicted molar refractivity (Wildman–Crippen MR) is 88.2 cm³/mol. The second kappa shape index (κ2) is 6.84. The van der Waals surface area contributed by atoms with Gasteiger partial charge >= 0.3 is 0 Å². The van der Waals surface area contributed by atoms with Crippen molar-refractivity contribution in [3.63, 3.8) is 0 Å². The quantitative estimate of drug-likeness (QED) is 0.850. The first kappa shape index (κ1) is 16.1. The van der Waals surface area contributed by atoms with Crippen molar-refractivity contribution >= 4 is 5.91 Å². The van der Waals surface area contributed by atoms with E-state index in [1.807, 2.05) is 29.2 Å². The molecule has 2 aliphatic heterocycles. The molecule has 0 bridgehead atoms. The van der Waals surface area contributed by atoms with E-state index < -0.39 is 0 Å². The van der Waals surface area contributed by atoms with Crippen LogP contribution in [-0.2, 0) is 9.53 Å². The maximum Gasteiger partial charge on any atom is 0.241 e. The van der Waals surface area contributed by atoms with Crippen LogP contribution in [0.5, 0.6) is 5.75 Å². The molecule has 1 amide bonds. The molecule has 2 aliphatic rings. The summed E-state index contributed by atoms with van der Waals surface area (Å²) < 4.78 is 16.8. The number of hydrogen-bond acceptors (Lipinski definition) is 6. The number of carbonyl (C=O) groups excluding carboxylic acids is 1. The highest BCUT2D eigenvalue weighted by Gasteiger charge is 2.34. The largest absolute Gasteiger partial charge is 0.493 e. The zero-order chi connectivity index (χ0) is 17.2. The molecule has 0 aliphatic carbocycles. The van der Waals surface area contributed by atoms with Crippen LogP contribution < -0.4 is 4.74 Å². The zero-order valence-electron chi connectivity index (χ0n) is 14.2. The van der Waals surface area contributed by atoms with Crippen LogP contribution in [0.2, 0.25) is 0 Å². The Labute approximate surface area is 145 Å². The maximum absolute atomic E-state index is 13.0. The fourth-order valence-electron chi connectivity index (χ4n) is 3.51. The van der Waals surface area contributed by atoms with Crippen LogP contribution in [0.4, 0.5) is 0 Å². The van der Waals surface area contributed by atoms with Gasteiger partial charge in [-0.1, -0.05) is 18.2 Å². The fourth-order valence-corrected chi connectivity index (χ4v) is 3.51. The lowest BCUT2D eigenvalue weighted by atomic mass is 9.89. The van der Waals surface area contributed by atoms with Gasteiger partial charge < -0.3 is 18.8 Å². The zero-order valence-corrected chi connectivity index (χ0v) is 14.2. The number of benzene rings is 1. The molecule has 0 radical (unpaired) electrons. The third kappa shape index (κ3) is 3.24. The van der Waals surface area contributed by atoms with Crippen molar-refractivity contribution in [1.29, 1.82) is 0 Å². The monoisotopic (exact) mass is 343 g/mol. The van der Waals surface area contributed by atoms with Gasteiger partial charge in [-0.2, -0.15) is 0 Å². The molecule has 25 heavy (non-hydrogen) atoms. The highest BCUT2D eigenvalue weighted by molar-refractivity contribution is 5.78. The van der Waals surface area contributed by atoms with Gasteiger partial charge in [-0.3, -0.25) is 4.79 Å². The number of ether oxygens (including phenoxy) is 2. The summed E-state index contributed by atoms with van der Waals surface area (Å²) in [6.45, 7) is 3.84. The van der Waals surface area contributed by atoms with E-state index in [1.54, 1.807) is 6.92 Å². The van der Waals surface area contributed by atoms with Gasteiger partial charge in [-0.05, 0) is 24.0 Å². The summed E-state index contributed by atoms with van der Waals surface area (Å²) in [6.07, 6.45) is 1.29. The third-order valence-corrected chi connectivity index (χ3v) is 4.78. The minimum atomic E-state index is -0.308. The first-order chi connectivity index (χ1) is 12.2. The molecular formula is C18H21N3O4. The number of aromatic nitrogens is 2. The van der Waals surface area contributed by atoms with Crippen LogP contribution in [-0.4, -0.2) is 47.4 Å². The minimum Gasteiger partial charge on any atom is -0.493 e. The van der Waals surface area contributed by atoms with E-state index in [9.17, 15) is 4.79 Å². The topological polar surface area (TPSA) is 77.7 Å². The lowest BCUT2D eigenvalue weighted by Gasteiger charge is -2.35. The van der Waals surface area contributed by atoms with Crippen molar-refractivity contribution in [3.8, 4) is 5.75 Å². The summed E-state index contributed by atoms with van der Waals surface area (Å²) >= 11 is 0. The Morgan fingerprint density at radius 3 is 3.00 bits per heavy atom. The number of para-hydroxylation sites is 1. The van der Waals surface area contributed by atoms with Gasteiger partial charge in [-0.25, -0.2) is 0 Å². The lowest BCUT2D eigenvalue weighted by Crippen LogP contribution is -2.44. The molecule has 7 heteroatoms. The Hall–Kier alpha value is -2.41. The SMILES string of the molecule is Cc1nnc([C@H]2COCCN2C(=O)C[C@@H]2CCOc3ccccc32)o1. The molecule has 4 rings (SSSR count). The Kier molecular flexibility index (Phi) is 4.40. The standard InChI is InChI=1S/C18H21N3O4/c1-12-19-20-18(25-12)15-11-23-9-7-21(15)17(22)10-13-6-8-24-16-5-3-2-4-14(13)16/h2-5,13,15H,6-11H2,1H3/t13-,15+/m0/s1. The summed E-state index contributed by atoms with van der Waals surface area (Å²) in [6, 6.07) is 7.65. The van der Waals surface area contributed by atoms with Gasteiger partial charge in [-0.15, -0.1) is 10.2 Å². The molecule has 1 saturated heterocycles. The van der Waals surface area contributed by atoms with Crippen molar-refractivity contribution in [2.45, 2.75) is 31.7 Å². The molecule has 3 heterocycles. The number of carbonyl (C=O) groups is 1. The van der Waals surface area contributed by atoms with E-state index in [1.165, 1.54) is 0 Å². The molecule has 0 spiro atoms. The van der Waals surface area contributed by atoms with Crippen molar-refractivity contribution in [2.24, 2.45) is 0 Å². The van der Waals surface area contributed by atoms with Crippen molar-refractivity contribution in [2.75, 3.05) is 26.4 Å². The number of hydrogen-bond donors (Lipinski definition) is 0. The molecular weight excluding hydrogens is 322 g/mol. The smallest absolute Gasteiger partial charge is 0.241 e. The molecule has 1 fully saturated rings. The summed E-state index contributed by atoms with van der Waals surface area (Å²) in [4.78, 5) is 14.8. The normalized spacial score (nSPS) is 23.0. The van der Waals surface area contributed by atoms with Gasteiger partial charge in [0.15, 0.2) is 0 Å². The van der Waals surface area contributed by atoms with E-state index in [-0.39, 0.29) is 17.9 Å². The van der Waals surface area contributed by atoms with Crippen molar-refractivity contribution in [3.05, 3.63) is 41.6 Å². The highest BCUT2D eigenvalue weighted by atomic mass is 16.5. The number of fused-ring (bicyclic) bond motifs is 1. The Morgan fingerprint density at radius 2 is 2.16 bits per heavy atom. The van der Waals surface area contributed by atoms with Crippen LogP contribution in [0.15, 0.2) is 28.7 Å². The third-order valence-electron chi connectivity index (χ3n) is 4.78. The van der Waals surface area contributed by atoms with E-state index in [4.69, 9.17) is 13.9 Å². The number of aryl methyl sites for hydroxylation is 1. The number of nitrogens with zero attached hydrogens (tertiary/aromatic N) is 3. The summed E-state index contributed by atoms with van der Waals surface area (Å²) in [7, 11) is 0. The molecule has 7 nitrogen and oxygen atoms in total. The van der Waals surface area contributed by atoms with Crippen LogP contribution in [0, 0.1) is 6.92 Å². The van der Waals surface area contributed by atoms with E-state index in [2.05, 4.69) is 10.2 Å². The number of rotatable bonds is 3. The lowest BCUT2D eigenvalue weighted by molar-refractivity contribution is -0.141. The molecule has 1 aromatic carbocycles. The first-order valence-corrected chi connectivity index (χ1v) is 8.61. The van der Waals surface area contributed by atoms with Gasteiger partial charge in [0.25, 0.3) is 0 Å². The Bertz CT molecular complexity index is 760. The molecule has 2 atom stereocenters. The summed E-state index contributed by atoms with van der Waals surface area (Å²) in [5.41, 5.74) is 1.11. The molecule has 0 unspecified atom stereocenters. The van der Waals surface area contributed by atoms with Crippen molar-refractivity contribution < 1.29 is 18.7 Å². The number of morpholine rings is 1. The second-order valence-corrected chi connectivity index (χ2v) is 6.41. The van der Waals surface area contributed by atoms with Gasteiger partial charge in [0.05, 0.1) is 19.8 Å². The van der Waals surface area contributed by atoms with E-state index >= 15 is 0 Å². The second-order valence-electron chi connectivity index (χ2n) is 6.41. The summed E-state index contributed by atoms with van der Waals surface area (Å²) in [5.74, 6) is 2.08. The fraction of sp³-hybridized carbons (Fsp3) is 0.500. The van der Waals surface area contributed by atoms with Crippen LogP contribution in [0.1, 0.15) is 42.1 Å². The number of amides is 1. The summed E-state index contributed by atoms with van der Waals surface area (Å²) in [5, 5.41) is 7.95.